The minimum Gasteiger partial charge on any atom is -0.493 e. The van der Waals surface area contributed by atoms with Crippen LogP contribution in [-0.2, 0) is 6.54 Å². The molecule has 2 aliphatic heterocycles. The summed E-state index contributed by atoms with van der Waals surface area (Å²) < 4.78 is 0. The van der Waals surface area contributed by atoms with Gasteiger partial charge in [-0.05, 0) is 50.6 Å². The number of likely N-dealkylation sites (N-methyl/N-ethyl adjacent to an activating group) is 1. The molecule has 2 fully saturated rings. The highest BCUT2D eigenvalue weighted by Gasteiger charge is 2.36. The van der Waals surface area contributed by atoms with E-state index in [1.165, 1.54) is 5.56 Å². The van der Waals surface area contributed by atoms with Crippen molar-refractivity contribution in [2.24, 2.45) is 5.73 Å². The summed E-state index contributed by atoms with van der Waals surface area (Å²) in [5, 5.41) is 20.4. The Kier molecular flexibility index (Phi) is 7.65. The molecule has 9 heteroatoms. The van der Waals surface area contributed by atoms with Crippen LogP contribution in [0.15, 0.2) is 36.4 Å². The SMILES string of the molecule is CCN(CCN)c1ccc(CN2CCN3C(C)CN(c4ccc(C#N)c5nc(O)ccc45)CC3C2)c(C)n1. The van der Waals surface area contributed by atoms with E-state index in [1.54, 1.807) is 6.07 Å². The fraction of sp³-hybridized carbons (Fsp3) is 0.483. The van der Waals surface area contributed by atoms with Crippen LogP contribution in [0.2, 0.25) is 0 Å². The lowest BCUT2D eigenvalue weighted by Gasteiger charge is -2.51. The van der Waals surface area contributed by atoms with Gasteiger partial charge >= 0.3 is 0 Å². The van der Waals surface area contributed by atoms with Gasteiger partial charge in [-0.3, -0.25) is 9.80 Å². The molecule has 0 spiro atoms. The van der Waals surface area contributed by atoms with Crippen LogP contribution in [0.25, 0.3) is 10.9 Å². The van der Waals surface area contributed by atoms with Crippen LogP contribution in [0.3, 0.4) is 0 Å². The molecule has 9 nitrogen and oxygen atoms in total. The standard InChI is InChI=1S/C29H38N8O/c1-4-35(12-11-30)27-9-6-23(21(3)32-27)17-34-13-14-37-20(2)16-36(19-24(37)18-34)26-8-5-22(15-31)29-25(26)7-10-28(38)33-29/h5-10,20,24H,4,11-14,16-19,30H2,1-3H3,(H,33,38). The highest BCUT2D eigenvalue weighted by atomic mass is 16.3. The molecule has 2 saturated heterocycles. The third-order valence-electron chi connectivity index (χ3n) is 8.05. The molecule has 2 aromatic heterocycles. The molecule has 0 aliphatic carbocycles. The molecule has 0 bridgehead atoms. The zero-order chi connectivity index (χ0) is 26.8. The first-order chi connectivity index (χ1) is 18.4. The number of nitrogens with two attached hydrogens (primary N) is 1. The van der Waals surface area contributed by atoms with Gasteiger partial charge in [0, 0.05) is 93.8 Å². The summed E-state index contributed by atoms with van der Waals surface area (Å²) in [6, 6.07) is 14.7. The van der Waals surface area contributed by atoms with E-state index >= 15 is 0 Å². The highest BCUT2D eigenvalue weighted by Crippen LogP contribution is 2.33. The number of hydrogen-bond donors (Lipinski definition) is 2. The molecule has 1 aromatic carbocycles. The molecule has 2 atom stereocenters. The lowest BCUT2D eigenvalue weighted by Crippen LogP contribution is -2.65. The molecule has 4 heterocycles. The largest absolute Gasteiger partial charge is 0.493 e. The summed E-state index contributed by atoms with van der Waals surface area (Å²) in [4.78, 5) is 19.0. The van der Waals surface area contributed by atoms with Crippen LogP contribution < -0.4 is 15.5 Å². The zero-order valence-electron chi connectivity index (χ0n) is 22.6. The van der Waals surface area contributed by atoms with Gasteiger partial charge in [0.15, 0.2) is 0 Å². The number of pyridine rings is 2. The molecule has 0 amide bonds. The Morgan fingerprint density at radius 2 is 1.95 bits per heavy atom. The summed E-state index contributed by atoms with van der Waals surface area (Å²) in [5.41, 5.74) is 10.3. The minimum absolute atomic E-state index is 0.0631. The fourth-order valence-corrected chi connectivity index (χ4v) is 6.08. The van der Waals surface area contributed by atoms with E-state index in [1.807, 2.05) is 18.2 Å². The normalized spacial score (nSPS) is 20.3. The first-order valence-electron chi connectivity index (χ1n) is 13.6. The highest BCUT2D eigenvalue weighted by molar-refractivity contribution is 5.95. The molecular formula is C29H38N8O. The lowest BCUT2D eigenvalue weighted by atomic mass is 10.0. The minimum atomic E-state index is -0.0631. The Hall–Kier alpha value is -3.45. The second-order valence-corrected chi connectivity index (χ2v) is 10.5. The number of aryl methyl sites for hydroxylation is 1. The second kappa shape index (κ2) is 11.1. The second-order valence-electron chi connectivity index (χ2n) is 10.5. The van der Waals surface area contributed by atoms with E-state index in [0.717, 1.165) is 74.9 Å². The van der Waals surface area contributed by atoms with Gasteiger partial charge in [-0.15, -0.1) is 0 Å². The van der Waals surface area contributed by atoms with Gasteiger partial charge < -0.3 is 20.6 Å². The Labute approximate surface area is 225 Å². The predicted molar refractivity (Wildman–Crippen MR) is 151 cm³/mol. The molecule has 0 saturated carbocycles. The van der Waals surface area contributed by atoms with Crippen LogP contribution >= 0.6 is 0 Å². The first kappa shape index (κ1) is 26.2. The molecule has 2 unspecified atom stereocenters. The number of rotatable bonds is 7. The molecule has 5 rings (SSSR count). The molecule has 200 valence electrons. The first-order valence-corrected chi connectivity index (χ1v) is 13.6. The average molecular weight is 515 g/mol. The summed E-state index contributed by atoms with van der Waals surface area (Å²) in [5.74, 6) is 0.935. The number of benzene rings is 1. The van der Waals surface area contributed by atoms with E-state index in [9.17, 15) is 10.4 Å². The number of aromatic nitrogens is 2. The van der Waals surface area contributed by atoms with Gasteiger partial charge in [-0.1, -0.05) is 6.07 Å². The van der Waals surface area contributed by atoms with E-state index in [-0.39, 0.29) is 5.88 Å². The monoisotopic (exact) mass is 514 g/mol. The molecular weight excluding hydrogens is 476 g/mol. The lowest BCUT2D eigenvalue weighted by molar-refractivity contribution is 0.0316. The Morgan fingerprint density at radius 3 is 2.68 bits per heavy atom. The van der Waals surface area contributed by atoms with E-state index in [2.05, 4.69) is 63.6 Å². The summed E-state index contributed by atoms with van der Waals surface area (Å²) in [6.45, 7) is 14.7. The molecule has 3 N–H and O–H groups in total. The van der Waals surface area contributed by atoms with Gasteiger partial charge in [-0.2, -0.15) is 5.26 Å². The van der Waals surface area contributed by atoms with Gasteiger partial charge in [0.05, 0.1) is 11.1 Å². The van der Waals surface area contributed by atoms with Crippen LogP contribution in [0, 0.1) is 18.3 Å². The Morgan fingerprint density at radius 1 is 1.11 bits per heavy atom. The van der Waals surface area contributed by atoms with Crippen molar-refractivity contribution in [2.75, 3.05) is 62.2 Å². The maximum Gasteiger partial charge on any atom is 0.211 e. The van der Waals surface area contributed by atoms with Crippen molar-refractivity contribution in [3.05, 3.63) is 53.2 Å². The summed E-state index contributed by atoms with van der Waals surface area (Å²) in [6.07, 6.45) is 0. The van der Waals surface area contributed by atoms with Crippen molar-refractivity contribution in [1.82, 2.24) is 19.8 Å². The number of fused-ring (bicyclic) bond motifs is 2. The van der Waals surface area contributed by atoms with Gasteiger partial charge in [0.1, 0.15) is 11.9 Å². The van der Waals surface area contributed by atoms with Crippen LogP contribution in [0.5, 0.6) is 5.88 Å². The third-order valence-corrected chi connectivity index (χ3v) is 8.05. The van der Waals surface area contributed by atoms with Gasteiger partial charge in [0.25, 0.3) is 0 Å². The van der Waals surface area contributed by atoms with Crippen LogP contribution in [0.4, 0.5) is 11.5 Å². The van der Waals surface area contributed by atoms with E-state index < -0.39 is 0 Å². The fourth-order valence-electron chi connectivity index (χ4n) is 6.08. The Balaban J connectivity index is 1.33. The maximum atomic E-state index is 9.94. The van der Waals surface area contributed by atoms with Crippen LogP contribution in [-0.4, -0.2) is 89.3 Å². The maximum absolute atomic E-state index is 9.94. The van der Waals surface area contributed by atoms with E-state index in [4.69, 9.17) is 10.7 Å². The predicted octanol–water partition coefficient (Wildman–Crippen LogP) is 2.70. The van der Waals surface area contributed by atoms with Crippen molar-refractivity contribution in [1.29, 1.82) is 5.26 Å². The number of hydrogen-bond acceptors (Lipinski definition) is 9. The van der Waals surface area contributed by atoms with Crippen molar-refractivity contribution in [2.45, 2.75) is 39.4 Å². The summed E-state index contributed by atoms with van der Waals surface area (Å²) in [7, 11) is 0. The number of aromatic hydroxyl groups is 1. The number of anilines is 2. The van der Waals surface area contributed by atoms with Crippen molar-refractivity contribution < 1.29 is 5.11 Å². The molecule has 2 aliphatic rings. The number of nitriles is 1. The Bertz CT molecular complexity index is 1340. The third kappa shape index (κ3) is 5.12. The number of piperazine rings is 2. The molecule has 3 aromatic rings. The molecule has 38 heavy (non-hydrogen) atoms. The van der Waals surface area contributed by atoms with E-state index in [0.29, 0.717) is 29.7 Å². The van der Waals surface area contributed by atoms with Gasteiger partial charge in [-0.25, -0.2) is 9.97 Å². The van der Waals surface area contributed by atoms with Crippen molar-refractivity contribution >= 4 is 22.4 Å². The number of nitrogens with zero attached hydrogens (tertiary/aromatic N) is 7. The quantitative estimate of drug-likeness (QED) is 0.492. The van der Waals surface area contributed by atoms with Crippen molar-refractivity contribution in [3.63, 3.8) is 0 Å². The molecule has 0 radical (unpaired) electrons. The summed E-state index contributed by atoms with van der Waals surface area (Å²) >= 11 is 0. The smallest absolute Gasteiger partial charge is 0.211 e. The zero-order valence-corrected chi connectivity index (χ0v) is 22.6. The van der Waals surface area contributed by atoms with Gasteiger partial charge in [0.2, 0.25) is 5.88 Å². The topological polar surface area (TPSA) is 109 Å². The van der Waals surface area contributed by atoms with Crippen molar-refractivity contribution in [3.8, 4) is 11.9 Å². The average Bonchev–Trinajstić information content (AvgIpc) is 2.92. The van der Waals surface area contributed by atoms with Crippen LogP contribution in [0.1, 0.15) is 30.7 Å².